The molecule has 0 saturated carbocycles. The Morgan fingerprint density at radius 3 is 1.76 bits per heavy atom. The number of benzene rings is 4. The van der Waals surface area contributed by atoms with Crippen molar-refractivity contribution in [3.8, 4) is 11.5 Å². The van der Waals surface area contributed by atoms with Crippen molar-refractivity contribution in [3.63, 3.8) is 0 Å². The third-order valence-corrected chi connectivity index (χ3v) is 6.91. The minimum absolute atomic E-state index is 0.212. The lowest BCUT2D eigenvalue weighted by molar-refractivity contribution is -0.296. The molecule has 5 rings (SSSR count). The van der Waals surface area contributed by atoms with Crippen LogP contribution in [0.5, 0.6) is 11.5 Å². The molecule has 4 aromatic carbocycles. The van der Waals surface area contributed by atoms with Crippen molar-refractivity contribution in [2.24, 2.45) is 0 Å². The Labute approximate surface area is 245 Å². The van der Waals surface area contributed by atoms with Gasteiger partial charge < -0.3 is 33.5 Å². The second-order valence-corrected chi connectivity index (χ2v) is 9.78. The third-order valence-electron chi connectivity index (χ3n) is 6.91. The molecule has 1 heterocycles. The van der Waals surface area contributed by atoms with Crippen LogP contribution in [-0.2, 0) is 32.2 Å². The van der Waals surface area contributed by atoms with Crippen LogP contribution in [0, 0.1) is 0 Å². The fraction of sp³-hybridized carbons (Fsp3) is 0.265. The van der Waals surface area contributed by atoms with E-state index in [2.05, 4.69) is 0 Å². The molecule has 5 atom stereocenters. The van der Waals surface area contributed by atoms with E-state index in [0.717, 1.165) is 11.1 Å². The monoisotopic (exact) mass is 570 g/mol. The molecule has 1 fully saturated rings. The lowest BCUT2D eigenvalue weighted by Crippen LogP contribution is -2.62. The summed E-state index contributed by atoms with van der Waals surface area (Å²) in [6.07, 6.45) is -4.63. The van der Waals surface area contributed by atoms with Crippen molar-refractivity contribution in [2.45, 2.75) is 43.9 Å². The van der Waals surface area contributed by atoms with Crippen molar-refractivity contribution in [1.82, 2.24) is 0 Å². The quantitative estimate of drug-likeness (QED) is 0.233. The van der Waals surface area contributed by atoms with Gasteiger partial charge in [-0.1, -0.05) is 78.9 Å². The normalized spacial score (nSPS) is 21.8. The van der Waals surface area contributed by atoms with Gasteiger partial charge in [0.05, 0.1) is 32.5 Å². The summed E-state index contributed by atoms with van der Waals surface area (Å²) in [7, 11) is 1.58. The van der Waals surface area contributed by atoms with E-state index in [-0.39, 0.29) is 19.8 Å². The Bertz CT molecular complexity index is 1370. The van der Waals surface area contributed by atoms with Gasteiger partial charge in [-0.3, -0.25) is 0 Å². The van der Waals surface area contributed by atoms with Crippen molar-refractivity contribution < 1.29 is 38.3 Å². The molecule has 0 bridgehead atoms. The van der Waals surface area contributed by atoms with Crippen molar-refractivity contribution >= 4 is 5.97 Å². The summed E-state index contributed by atoms with van der Waals surface area (Å²) < 4.78 is 36.6. The van der Waals surface area contributed by atoms with Gasteiger partial charge in [0.25, 0.3) is 0 Å². The van der Waals surface area contributed by atoms with Gasteiger partial charge in [0, 0.05) is 0 Å². The van der Waals surface area contributed by atoms with Gasteiger partial charge in [-0.15, -0.1) is 0 Å². The van der Waals surface area contributed by atoms with Crippen LogP contribution in [0.3, 0.4) is 0 Å². The summed E-state index contributed by atoms with van der Waals surface area (Å²) >= 11 is 0. The van der Waals surface area contributed by atoms with Crippen LogP contribution in [0.15, 0.2) is 115 Å². The maximum atomic E-state index is 13.4. The molecule has 8 nitrogen and oxygen atoms in total. The van der Waals surface area contributed by atoms with E-state index in [0.29, 0.717) is 17.1 Å². The zero-order valence-electron chi connectivity index (χ0n) is 23.3. The van der Waals surface area contributed by atoms with Crippen molar-refractivity contribution in [2.75, 3.05) is 13.7 Å². The van der Waals surface area contributed by atoms with Crippen molar-refractivity contribution in [3.05, 3.63) is 132 Å². The Kier molecular flexibility index (Phi) is 10.2. The summed E-state index contributed by atoms with van der Waals surface area (Å²) in [6.45, 7) is 0.0793. The first-order valence-corrected chi connectivity index (χ1v) is 13.8. The number of ether oxygens (including phenoxy) is 6. The first-order chi connectivity index (χ1) is 20.6. The number of aliphatic hydroxyl groups excluding tert-OH is 1. The maximum Gasteiger partial charge on any atom is 0.338 e. The lowest BCUT2D eigenvalue weighted by Gasteiger charge is -2.45. The number of carbonyl (C=O) groups is 1. The Morgan fingerprint density at radius 2 is 1.21 bits per heavy atom. The first kappa shape index (κ1) is 29.3. The molecule has 0 aromatic heterocycles. The fourth-order valence-corrected chi connectivity index (χ4v) is 4.72. The number of methoxy groups -OCH3 is 1. The lowest BCUT2D eigenvalue weighted by atomic mass is 9.97. The summed E-state index contributed by atoms with van der Waals surface area (Å²) in [6, 6.07) is 35.0. The largest absolute Gasteiger partial charge is 0.497 e. The van der Waals surface area contributed by atoms with E-state index in [1.54, 1.807) is 55.6 Å². The standard InChI is InChI=1S/C34H34O8/c1-37-27-17-19-28(20-18-27)40-34-32(42-33(36)26-15-9-4-10-16-26)31(39-23-25-13-7-3-8-14-25)30(29(21-35)41-34)38-22-24-11-5-2-6-12-24/h2-20,29-32,34-35H,21-23H2,1H3/t29-,30-,31+,32-,34-/m1/s1. The van der Waals surface area contributed by atoms with Crippen LogP contribution in [0.25, 0.3) is 0 Å². The molecule has 4 aromatic rings. The molecule has 1 N–H and O–H groups in total. The van der Waals surface area contributed by atoms with Gasteiger partial charge in [0.2, 0.25) is 6.29 Å². The average molecular weight is 571 g/mol. The maximum absolute atomic E-state index is 13.4. The van der Waals surface area contributed by atoms with Crippen molar-refractivity contribution in [1.29, 1.82) is 0 Å². The van der Waals surface area contributed by atoms with Crippen LogP contribution >= 0.6 is 0 Å². The number of esters is 1. The van der Waals surface area contributed by atoms with E-state index in [4.69, 9.17) is 28.4 Å². The predicted molar refractivity (Wildman–Crippen MR) is 155 cm³/mol. The van der Waals surface area contributed by atoms with Crippen LogP contribution in [-0.4, -0.2) is 55.5 Å². The minimum atomic E-state index is -1.11. The second kappa shape index (κ2) is 14.6. The molecular formula is C34H34O8. The Morgan fingerprint density at radius 1 is 0.690 bits per heavy atom. The molecular weight excluding hydrogens is 536 g/mol. The summed E-state index contributed by atoms with van der Waals surface area (Å²) in [5.74, 6) is 0.555. The third kappa shape index (κ3) is 7.54. The van der Waals surface area contributed by atoms with Crippen LogP contribution < -0.4 is 9.47 Å². The molecule has 0 amide bonds. The Balaban J connectivity index is 1.47. The molecule has 1 saturated heterocycles. The molecule has 42 heavy (non-hydrogen) atoms. The van der Waals surface area contributed by atoms with E-state index >= 15 is 0 Å². The van der Waals surface area contributed by atoms with E-state index in [9.17, 15) is 9.90 Å². The van der Waals surface area contributed by atoms with Crippen LogP contribution in [0.1, 0.15) is 21.5 Å². The topological polar surface area (TPSA) is 92.7 Å². The van der Waals surface area contributed by atoms with E-state index in [1.165, 1.54) is 0 Å². The van der Waals surface area contributed by atoms with Gasteiger partial charge in [-0.25, -0.2) is 4.79 Å². The zero-order valence-corrected chi connectivity index (χ0v) is 23.3. The number of aliphatic hydroxyl groups is 1. The number of hydrogen-bond donors (Lipinski definition) is 1. The van der Waals surface area contributed by atoms with Gasteiger partial charge in [0.1, 0.15) is 29.8 Å². The summed E-state index contributed by atoms with van der Waals surface area (Å²) in [4.78, 5) is 13.4. The Hall–Kier alpha value is -4.21. The van der Waals surface area contributed by atoms with Gasteiger partial charge in [-0.05, 0) is 47.5 Å². The number of carbonyl (C=O) groups excluding carboxylic acids is 1. The highest BCUT2D eigenvalue weighted by Crippen LogP contribution is 2.32. The smallest absolute Gasteiger partial charge is 0.338 e. The minimum Gasteiger partial charge on any atom is -0.497 e. The highest BCUT2D eigenvalue weighted by Gasteiger charge is 2.51. The van der Waals surface area contributed by atoms with Gasteiger partial charge >= 0.3 is 5.97 Å². The van der Waals surface area contributed by atoms with E-state index in [1.807, 2.05) is 66.7 Å². The van der Waals surface area contributed by atoms with Crippen LogP contribution in [0.4, 0.5) is 0 Å². The summed E-state index contributed by atoms with van der Waals surface area (Å²) in [5.41, 5.74) is 2.23. The predicted octanol–water partition coefficient (Wildman–Crippen LogP) is 5.19. The molecule has 1 aliphatic rings. The average Bonchev–Trinajstić information content (AvgIpc) is 3.05. The fourth-order valence-electron chi connectivity index (χ4n) is 4.72. The molecule has 1 aliphatic heterocycles. The summed E-state index contributed by atoms with van der Waals surface area (Å²) in [5, 5.41) is 10.4. The van der Waals surface area contributed by atoms with Crippen LogP contribution in [0.2, 0.25) is 0 Å². The van der Waals surface area contributed by atoms with E-state index < -0.39 is 36.7 Å². The molecule has 0 radical (unpaired) electrons. The van der Waals surface area contributed by atoms with Gasteiger partial charge in [-0.2, -0.15) is 0 Å². The van der Waals surface area contributed by atoms with Gasteiger partial charge in [0.15, 0.2) is 6.10 Å². The molecule has 0 unspecified atom stereocenters. The molecule has 8 heteroatoms. The first-order valence-electron chi connectivity index (χ1n) is 13.8. The highest BCUT2D eigenvalue weighted by atomic mass is 16.7. The molecule has 0 spiro atoms. The highest BCUT2D eigenvalue weighted by molar-refractivity contribution is 5.89. The SMILES string of the molecule is COc1ccc(O[C@@H]2O[C@H](CO)[C@@H](OCc3ccccc3)[C@H](OCc3ccccc3)[C@H]2OC(=O)c2ccccc2)cc1. The second-order valence-electron chi connectivity index (χ2n) is 9.78. The number of hydrogen-bond acceptors (Lipinski definition) is 8. The molecule has 218 valence electrons. The number of rotatable bonds is 12. The molecule has 0 aliphatic carbocycles. The zero-order chi connectivity index (χ0) is 29.1.